The zero-order valence-corrected chi connectivity index (χ0v) is 26.3. The van der Waals surface area contributed by atoms with Crippen molar-refractivity contribution in [2.45, 2.75) is 59.6 Å². The Kier molecular flexibility index (Phi) is 6.56. The van der Waals surface area contributed by atoms with Gasteiger partial charge in [-0.3, -0.25) is 0 Å². The number of thiophene rings is 1. The molecule has 0 saturated carbocycles. The van der Waals surface area contributed by atoms with E-state index in [-0.39, 0.29) is 11.8 Å². The van der Waals surface area contributed by atoms with Gasteiger partial charge in [0.2, 0.25) is 5.52 Å². The number of fused-ring (bicyclic) bond motifs is 3. The van der Waals surface area contributed by atoms with Crippen molar-refractivity contribution in [3.05, 3.63) is 58.2 Å². The third-order valence-corrected chi connectivity index (χ3v) is 10.7. The lowest BCUT2D eigenvalue weighted by molar-refractivity contribution is -0.662. The second kappa shape index (κ2) is 9.54. The zero-order valence-electron chi connectivity index (χ0n) is 23.9. The fourth-order valence-corrected chi connectivity index (χ4v) is 8.69. The average Bonchev–Trinajstić information content (AvgIpc) is 3.56. The highest BCUT2D eigenvalue weighted by Crippen LogP contribution is 2.45. The van der Waals surface area contributed by atoms with Crippen LogP contribution in [0.15, 0.2) is 42.0 Å². The van der Waals surface area contributed by atoms with Gasteiger partial charge in [0.1, 0.15) is 9.71 Å². The van der Waals surface area contributed by atoms with Crippen molar-refractivity contribution in [2.24, 2.45) is 12.5 Å². The summed E-state index contributed by atoms with van der Waals surface area (Å²) in [6.07, 6.45) is -2.61. The van der Waals surface area contributed by atoms with E-state index >= 15 is 0 Å². The number of aromatic nitrogens is 4. The topological polar surface area (TPSA) is 42.6 Å². The van der Waals surface area contributed by atoms with Crippen molar-refractivity contribution >= 4 is 64.7 Å². The van der Waals surface area contributed by atoms with Crippen LogP contribution >= 0.6 is 34.0 Å². The van der Waals surface area contributed by atoms with Gasteiger partial charge >= 0.3 is 6.18 Å². The van der Waals surface area contributed by atoms with Crippen molar-refractivity contribution in [3.63, 3.8) is 0 Å². The van der Waals surface area contributed by atoms with Crippen LogP contribution in [0.5, 0.6) is 0 Å². The SMILES string of the molecule is Cc1c(-c2c3scc(-c4nc5sc(CC(C)(C)C(F)(F)F)nc5s4)c3nc[n+]2C)cc(C(C)(C)C)c2ccccc12. The Balaban J connectivity index is 1.47. The molecule has 4 nitrogen and oxygen atoms in total. The van der Waals surface area contributed by atoms with Gasteiger partial charge in [0, 0.05) is 17.4 Å². The van der Waals surface area contributed by atoms with Crippen LogP contribution in [0.1, 0.15) is 50.8 Å². The summed E-state index contributed by atoms with van der Waals surface area (Å²) in [4.78, 5) is 15.5. The summed E-state index contributed by atoms with van der Waals surface area (Å²) < 4.78 is 43.4. The molecule has 0 radical (unpaired) electrons. The number of hydrogen-bond donors (Lipinski definition) is 0. The summed E-state index contributed by atoms with van der Waals surface area (Å²) in [6, 6.07) is 10.9. The van der Waals surface area contributed by atoms with Crippen molar-refractivity contribution in [1.82, 2.24) is 15.0 Å². The largest absolute Gasteiger partial charge is 0.394 e. The van der Waals surface area contributed by atoms with E-state index < -0.39 is 11.6 Å². The molecule has 212 valence electrons. The van der Waals surface area contributed by atoms with Crippen LogP contribution in [-0.2, 0) is 18.9 Å². The molecule has 0 saturated heterocycles. The van der Waals surface area contributed by atoms with E-state index in [0.717, 1.165) is 26.5 Å². The van der Waals surface area contributed by atoms with E-state index in [2.05, 4.69) is 73.0 Å². The van der Waals surface area contributed by atoms with E-state index in [9.17, 15) is 13.2 Å². The van der Waals surface area contributed by atoms with Crippen LogP contribution in [0.4, 0.5) is 13.2 Å². The zero-order chi connectivity index (χ0) is 29.5. The van der Waals surface area contributed by atoms with E-state index in [1.165, 1.54) is 64.0 Å². The number of nitrogens with zero attached hydrogens (tertiary/aromatic N) is 4. The lowest BCUT2D eigenvalue weighted by Gasteiger charge is -2.26. The van der Waals surface area contributed by atoms with Gasteiger partial charge in [-0.05, 0) is 45.3 Å². The monoisotopic (exact) mass is 611 g/mol. The van der Waals surface area contributed by atoms with E-state index in [1.807, 2.05) is 13.4 Å². The van der Waals surface area contributed by atoms with Gasteiger partial charge in [-0.2, -0.15) is 13.2 Å². The summed E-state index contributed by atoms with van der Waals surface area (Å²) in [5.41, 5.74) is 4.71. The number of thiazole rings is 2. The molecule has 0 spiro atoms. The molecule has 41 heavy (non-hydrogen) atoms. The van der Waals surface area contributed by atoms with Crippen LogP contribution < -0.4 is 4.57 Å². The first-order valence-corrected chi connectivity index (χ1v) is 15.8. The molecule has 0 aliphatic heterocycles. The maximum atomic E-state index is 13.4. The molecule has 2 aromatic carbocycles. The van der Waals surface area contributed by atoms with Gasteiger partial charge in [0.25, 0.3) is 6.33 Å². The molecule has 0 bridgehead atoms. The molecular formula is C31H30F3N4S3+. The Hall–Kier alpha value is -2.95. The minimum Gasteiger partial charge on any atom is -0.231 e. The highest BCUT2D eigenvalue weighted by molar-refractivity contribution is 7.28. The van der Waals surface area contributed by atoms with Gasteiger partial charge in [-0.25, -0.2) is 14.5 Å². The summed E-state index contributed by atoms with van der Waals surface area (Å²) in [7, 11) is 2.03. The third-order valence-electron chi connectivity index (χ3n) is 7.68. The molecule has 6 aromatic rings. The highest BCUT2D eigenvalue weighted by atomic mass is 32.1. The van der Waals surface area contributed by atoms with Crippen molar-refractivity contribution in [3.8, 4) is 21.8 Å². The van der Waals surface area contributed by atoms with E-state index in [1.54, 1.807) is 11.3 Å². The van der Waals surface area contributed by atoms with Crippen molar-refractivity contribution < 1.29 is 17.7 Å². The highest BCUT2D eigenvalue weighted by Gasteiger charge is 2.47. The Morgan fingerprint density at radius 3 is 2.24 bits per heavy atom. The summed E-state index contributed by atoms with van der Waals surface area (Å²) in [5.74, 6) is 0. The normalized spacial score (nSPS) is 13.2. The first-order chi connectivity index (χ1) is 19.2. The predicted octanol–water partition coefficient (Wildman–Crippen LogP) is 9.41. The van der Waals surface area contributed by atoms with E-state index in [4.69, 9.17) is 9.97 Å². The van der Waals surface area contributed by atoms with Crippen LogP contribution in [0.25, 0.3) is 52.5 Å². The number of alkyl halides is 3. The molecule has 10 heteroatoms. The molecule has 0 aliphatic carbocycles. The fourth-order valence-electron chi connectivity index (χ4n) is 5.21. The number of hydrogen-bond acceptors (Lipinski definition) is 6. The van der Waals surface area contributed by atoms with Gasteiger partial charge < -0.3 is 0 Å². The summed E-state index contributed by atoms with van der Waals surface area (Å²) in [6.45, 7) is 11.3. The predicted molar refractivity (Wildman–Crippen MR) is 165 cm³/mol. The number of benzene rings is 2. The molecule has 0 atom stereocenters. The Bertz CT molecular complexity index is 1920. The van der Waals surface area contributed by atoms with Gasteiger partial charge in [-0.1, -0.05) is 81.6 Å². The maximum Gasteiger partial charge on any atom is 0.394 e. The fraction of sp³-hybridized carbons (Fsp3) is 0.355. The lowest BCUT2D eigenvalue weighted by atomic mass is 9.80. The number of rotatable bonds is 4. The standard InChI is InChI=1S/C31H30F3N4S3/c1-16-17-10-8-9-11-18(17)21(29(2,3)4)12-19(16)24-25-23(35-15-38(24)7)20(14-39-25)26-37-28-27(41-26)36-22(40-28)13-30(5,6)31(32,33)34/h8-12,14-15H,13H2,1-7H3/q+1. The molecule has 0 amide bonds. The molecule has 6 rings (SSSR count). The summed E-state index contributed by atoms with van der Waals surface area (Å²) in [5, 5.41) is 5.83. The molecule has 4 heterocycles. The first-order valence-electron chi connectivity index (χ1n) is 13.3. The number of halogens is 3. The average molecular weight is 612 g/mol. The van der Waals surface area contributed by atoms with Gasteiger partial charge in [0.05, 0.1) is 23.0 Å². The van der Waals surface area contributed by atoms with Gasteiger partial charge in [-0.15, -0.1) is 11.3 Å². The molecule has 4 aromatic heterocycles. The molecule has 0 aliphatic rings. The minimum absolute atomic E-state index is 0.0405. The summed E-state index contributed by atoms with van der Waals surface area (Å²) >= 11 is 4.29. The van der Waals surface area contributed by atoms with Crippen LogP contribution in [-0.4, -0.2) is 21.1 Å². The molecular weight excluding hydrogens is 582 g/mol. The number of aryl methyl sites for hydroxylation is 2. The van der Waals surface area contributed by atoms with Crippen LogP contribution in [0.2, 0.25) is 0 Å². The second-order valence-corrected chi connectivity index (χ2v) is 15.1. The Morgan fingerprint density at radius 1 is 0.902 bits per heavy atom. The van der Waals surface area contributed by atoms with Crippen LogP contribution in [0, 0.1) is 12.3 Å². The lowest BCUT2D eigenvalue weighted by Crippen LogP contribution is -2.34. The molecule has 0 fully saturated rings. The van der Waals surface area contributed by atoms with Crippen LogP contribution in [0.3, 0.4) is 0 Å². The second-order valence-electron chi connectivity index (χ2n) is 12.2. The minimum atomic E-state index is -4.29. The Morgan fingerprint density at radius 2 is 1.59 bits per heavy atom. The maximum absolute atomic E-state index is 13.4. The third kappa shape index (κ3) is 4.73. The van der Waals surface area contributed by atoms with E-state index in [0.29, 0.717) is 14.7 Å². The van der Waals surface area contributed by atoms with Crippen molar-refractivity contribution in [2.75, 3.05) is 0 Å². The van der Waals surface area contributed by atoms with Crippen molar-refractivity contribution in [1.29, 1.82) is 0 Å². The molecule has 0 unspecified atom stereocenters. The Labute approximate surface area is 248 Å². The smallest absolute Gasteiger partial charge is 0.231 e. The van der Waals surface area contributed by atoms with Gasteiger partial charge in [0.15, 0.2) is 15.4 Å². The quantitative estimate of drug-likeness (QED) is 0.187. The molecule has 0 N–H and O–H groups in total. The first kappa shape index (κ1) is 28.2.